The van der Waals surface area contributed by atoms with E-state index >= 15 is 0 Å². The highest BCUT2D eigenvalue weighted by Gasteiger charge is 2.40. The maximum atomic E-state index is 8.88. The molecule has 10 heavy (non-hydrogen) atoms. The third-order valence-corrected chi connectivity index (χ3v) is 2.66. The number of aliphatic hydroxyl groups is 1. The van der Waals surface area contributed by atoms with Gasteiger partial charge in [0.15, 0.2) is 0 Å². The third kappa shape index (κ3) is 1.18. The van der Waals surface area contributed by atoms with Gasteiger partial charge in [-0.15, -0.1) is 0 Å². The second-order valence-corrected chi connectivity index (χ2v) is 3.42. The molecular weight excluding hydrogens is 128 g/mol. The summed E-state index contributed by atoms with van der Waals surface area (Å²) >= 11 is 0. The van der Waals surface area contributed by atoms with E-state index in [0.717, 1.165) is 12.8 Å². The fourth-order valence-corrected chi connectivity index (χ4v) is 1.81. The predicted molar refractivity (Wildman–Crippen MR) is 37.7 cm³/mol. The van der Waals surface area contributed by atoms with E-state index in [1.165, 1.54) is 12.8 Å². The molecule has 1 saturated heterocycles. The molecule has 2 nitrogen and oxygen atoms in total. The van der Waals surface area contributed by atoms with Gasteiger partial charge in [0.25, 0.3) is 0 Å². The van der Waals surface area contributed by atoms with E-state index in [1.807, 2.05) is 0 Å². The maximum Gasteiger partial charge on any atom is 0.0842 e. The lowest BCUT2D eigenvalue weighted by molar-refractivity contribution is 0.195. The molecule has 0 radical (unpaired) electrons. The molecule has 1 aliphatic heterocycles. The largest absolute Gasteiger partial charge is 0.396 e. The first-order valence-corrected chi connectivity index (χ1v) is 4.16. The zero-order chi connectivity index (χ0) is 6.97. The average molecular weight is 142 g/mol. The highest BCUT2D eigenvalue weighted by atomic mass is 16.6. The van der Waals surface area contributed by atoms with Crippen LogP contribution in [0.25, 0.3) is 0 Å². The van der Waals surface area contributed by atoms with Gasteiger partial charge in [0.05, 0.1) is 12.2 Å². The Labute approximate surface area is 61.2 Å². The van der Waals surface area contributed by atoms with Crippen molar-refractivity contribution in [2.75, 3.05) is 6.61 Å². The molecule has 0 aromatic heterocycles. The summed E-state index contributed by atoms with van der Waals surface area (Å²) in [7, 11) is 0. The molecule has 1 heterocycles. The quantitative estimate of drug-likeness (QED) is 0.552. The van der Waals surface area contributed by atoms with Gasteiger partial charge in [-0.05, 0) is 31.6 Å². The first kappa shape index (κ1) is 6.62. The lowest BCUT2D eigenvalue weighted by Gasteiger charge is -2.09. The molecule has 2 fully saturated rings. The Hall–Kier alpha value is -0.0800. The summed E-state index contributed by atoms with van der Waals surface area (Å²) in [6.45, 7) is 0.374. The summed E-state index contributed by atoms with van der Waals surface area (Å²) in [5, 5.41) is 8.88. The Bertz CT molecular complexity index is 112. The number of epoxide rings is 1. The fraction of sp³-hybridized carbons (Fsp3) is 1.00. The molecule has 0 amide bonds. The molecular formula is C8H14O2. The molecule has 2 aliphatic rings. The van der Waals surface area contributed by atoms with Gasteiger partial charge in [-0.3, -0.25) is 0 Å². The van der Waals surface area contributed by atoms with Crippen LogP contribution in [0.1, 0.15) is 25.7 Å². The van der Waals surface area contributed by atoms with Gasteiger partial charge >= 0.3 is 0 Å². The summed E-state index contributed by atoms with van der Waals surface area (Å²) in [6.07, 6.45) is 5.81. The van der Waals surface area contributed by atoms with E-state index in [2.05, 4.69) is 0 Å². The molecule has 0 spiro atoms. The Morgan fingerprint density at radius 2 is 1.70 bits per heavy atom. The summed E-state index contributed by atoms with van der Waals surface area (Å²) in [5.74, 6) is 0.566. The molecule has 58 valence electrons. The lowest BCUT2D eigenvalue weighted by Crippen LogP contribution is -2.05. The molecule has 1 saturated carbocycles. The van der Waals surface area contributed by atoms with Crippen LogP contribution in [0.5, 0.6) is 0 Å². The fourth-order valence-electron chi connectivity index (χ4n) is 1.81. The van der Waals surface area contributed by atoms with Crippen LogP contribution in [0.15, 0.2) is 0 Å². The summed E-state index contributed by atoms with van der Waals surface area (Å²) in [4.78, 5) is 0. The van der Waals surface area contributed by atoms with E-state index < -0.39 is 0 Å². The lowest BCUT2D eigenvalue weighted by atomic mass is 10.0. The Morgan fingerprint density at radius 1 is 1.10 bits per heavy atom. The van der Waals surface area contributed by atoms with Gasteiger partial charge in [0, 0.05) is 6.61 Å². The molecule has 0 bridgehead atoms. The summed E-state index contributed by atoms with van der Waals surface area (Å²) in [5.41, 5.74) is 0. The smallest absolute Gasteiger partial charge is 0.0842 e. The van der Waals surface area contributed by atoms with Crippen molar-refractivity contribution in [3.8, 4) is 0 Å². The molecule has 2 rings (SSSR count). The first-order chi connectivity index (χ1) is 4.90. The highest BCUT2D eigenvalue weighted by molar-refractivity contribution is 4.88. The van der Waals surface area contributed by atoms with Crippen molar-refractivity contribution in [3.63, 3.8) is 0 Å². The summed E-state index contributed by atoms with van der Waals surface area (Å²) < 4.78 is 5.37. The van der Waals surface area contributed by atoms with E-state index in [9.17, 15) is 0 Å². The normalized spacial score (nSPS) is 45.9. The van der Waals surface area contributed by atoms with Gasteiger partial charge in [-0.1, -0.05) is 0 Å². The van der Waals surface area contributed by atoms with Crippen LogP contribution >= 0.6 is 0 Å². The SMILES string of the molecule is OCC1CC[C@@H]2O[C@@H]2CC1. The van der Waals surface area contributed by atoms with Gasteiger partial charge in [-0.25, -0.2) is 0 Å². The minimum Gasteiger partial charge on any atom is -0.396 e. The van der Waals surface area contributed by atoms with E-state index in [1.54, 1.807) is 0 Å². The van der Waals surface area contributed by atoms with Gasteiger partial charge < -0.3 is 9.84 Å². The van der Waals surface area contributed by atoms with Gasteiger partial charge in [0.1, 0.15) is 0 Å². The van der Waals surface area contributed by atoms with Crippen molar-refractivity contribution in [1.29, 1.82) is 0 Å². The number of hydrogen-bond donors (Lipinski definition) is 1. The first-order valence-electron chi connectivity index (χ1n) is 4.16. The molecule has 1 aliphatic carbocycles. The Morgan fingerprint density at radius 3 is 2.20 bits per heavy atom. The standard InChI is InChI=1S/C8H14O2/c9-5-6-1-3-7-8(10-7)4-2-6/h6-9H,1-5H2/t6?,7-,8+. The van der Waals surface area contributed by atoms with Crippen LogP contribution < -0.4 is 0 Å². The van der Waals surface area contributed by atoms with Crippen molar-refractivity contribution < 1.29 is 9.84 Å². The second kappa shape index (κ2) is 2.51. The minimum absolute atomic E-state index is 0.374. The summed E-state index contributed by atoms with van der Waals surface area (Å²) in [6, 6.07) is 0. The van der Waals surface area contributed by atoms with Crippen molar-refractivity contribution in [2.45, 2.75) is 37.9 Å². The molecule has 0 aromatic rings. The van der Waals surface area contributed by atoms with Crippen molar-refractivity contribution in [3.05, 3.63) is 0 Å². The van der Waals surface area contributed by atoms with Gasteiger partial charge in [-0.2, -0.15) is 0 Å². The van der Waals surface area contributed by atoms with Crippen molar-refractivity contribution in [2.24, 2.45) is 5.92 Å². The van der Waals surface area contributed by atoms with Crippen LogP contribution in [-0.4, -0.2) is 23.9 Å². The number of fused-ring (bicyclic) bond motifs is 1. The maximum absolute atomic E-state index is 8.88. The topological polar surface area (TPSA) is 32.8 Å². The zero-order valence-corrected chi connectivity index (χ0v) is 6.12. The average Bonchev–Trinajstić information content (AvgIpc) is 2.63. The third-order valence-electron chi connectivity index (χ3n) is 2.66. The van der Waals surface area contributed by atoms with E-state index in [4.69, 9.17) is 9.84 Å². The Kier molecular flexibility index (Phi) is 1.66. The van der Waals surface area contributed by atoms with Crippen LogP contribution in [0.2, 0.25) is 0 Å². The number of rotatable bonds is 1. The molecule has 2 heteroatoms. The number of hydrogen-bond acceptors (Lipinski definition) is 2. The molecule has 0 aromatic carbocycles. The monoisotopic (exact) mass is 142 g/mol. The molecule has 1 N–H and O–H groups in total. The Balaban J connectivity index is 1.84. The highest BCUT2D eigenvalue weighted by Crippen LogP contribution is 2.36. The van der Waals surface area contributed by atoms with E-state index in [-0.39, 0.29) is 0 Å². The molecule has 1 unspecified atom stereocenters. The number of aliphatic hydroxyl groups excluding tert-OH is 1. The van der Waals surface area contributed by atoms with Crippen LogP contribution in [-0.2, 0) is 4.74 Å². The van der Waals surface area contributed by atoms with Gasteiger partial charge in [0.2, 0.25) is 0 Å². The predicted octanol–water partition coefficient (Wildman–Crippen LogP) is 0.936. The second-order valence-electron chi connectivity index (χ2n) is 3.42. The van der Waals surface area contributed by atoms with Crippen molar-refractivity contribution >= 4 is 0 Å². The number of ether oxygens (including phenoxy) is 1. The minimum atomic E-state index is 0.374. The zero-order valence-electron chi connectivity index (χ0n) is 6.12. The van der Waals surface area contributed by atoms with E-state index in [0.29, 0.717) is 24.7 Å². The van der Waals surface area contributed by atoms with Crippen LogP contribution in [0.4, 0.5) is 0 Å². The van der Waals surface area contributed by atoms with Crippen molar-refractivity contribution in [1.82, 2.24) is 0 Å². The van der Waals surface area contributed by atoms with Crippen LogP contribution in [0, 0.1) is 5.92 Å². The molecule has 3 atom stereocenters. The van der Waals surface area contributed by atoms with Crippen LogP contribution in [0.3, 0.4) is 0 Å².